The number of nitrogens with zero attached hydrogens (tertiary/aromatic N) is 1. The Morgan fingerprint density at radius 2 is 1.96 bits per heavy atom. The normalized spacial score (nSPS) is 22.0. The van der Waals surface area contributed by atoms with Crippen molar-refractivity contribution in [2.45, 2.75) is 35.4 Å². The van der Waals surface area contributed by atoms with Crippen molar-refractivity contribution in [1.29, 1.82) is 0 Å². The van der Waals surface area contributed by atoms with Crippen molar-refractivity contribution in [3.05, 3.63) is 58.6 Å². The van der Waals surface area contributed by atoms with Crippen molar-refractivity contribution < 1.29 is 9.59 Å². The molecule has 26 heavy (non-hydrogen) atoms. The van der Waals surface area contributed by atoms with Crippen LogP contribution in [0.3, 0.4) is 0 Å². The van der Waals surface area contributed by atoms with E-state index in [4.69, 9.17) is 0 Å². The Labute approximate surface area is 165 Å². The number of halogens is 1. The Hall–Kier alpha value is -1.79. The third-order valence-electron chi connectivity index (χ3n) is 4.89. The van der Waals surface area contributed by atoms with Gasteiger partial charge in [0.1, 0.15) is 0 Å². The summed E-state index contributed by atoms with van der Waals surface area (Å²) in [7, 11) is 0. The van der Waals surface area contributed by atoms with Gasteiger partial charge in [0.05, 0.1) is 17.0 Å². The summed E-state index contributed by atoms with van der Waals surface area (Å²) in [6, 6.07) is 16.0. The van der Waals surface area contributed by atoms with Gasteiger partial charge in [-0.05, 0) is 42.7 Å². The number of nitrogens with one attached hydrogen (secondary N) is 1. The quantitative estimate of drug-likeness (QED) is 0.772. The summed E-state index contributed by atoms with van der Waals surface area (Å²) in [5, 5.41) is 2.55. The summed E-state index contributed by atoms with van der Waals surface area (Å²) < 4.78 is 1.03. The standard InChI is InChI=1S/C20H19BrN2O2S/c21-14-9-7-13(8-10-14)16-5-3-11-23(16)19(24)12-18-20(25)22-15-4-1-2-6-17(15)26-18/h1-2,4,6-10,16,18H,3,5,11-12H2,(H,22,25). The maximum Gasteiger partial charge on any atom is 0.238 e. The Morgan fingerprint density at radius 1 is 1.19 bits per heavy atom. The molecule has 0 aromatic heterocycles. The fraction of sp³-hybridized carbons (Fsp3) is 0.300. The molecule has 2 amide bonds. The van der Waals surface area contributed by atoms with Gasteiger partial charge in [-0.25, -0.2) is 0 Å². The number of benzene rings is 2. The second-order valence-electron chi connectivity index (χ2n) is 6.59. The monoisotopic (exact) mass is 430 g/mol. The van der Waals surface area contributed by atoms with Gasteiger partial charge in [0.15, 0.2) is 0 Å². The van der Waals surface area contributed by atoms with Crippen LogP contribution in [0, 0.1) is 0 Å². The lowest BCUT2D eigenvalue weighted by Gasteiger charge is -2.28. The van der Waals surface area contributed by atoms with Crippen LogP contribution >= 0.6 is 27.7 Å². The van der Waals surface area contributed by atoms with Crippen LogP contribution in [-0.4, -0.2) is 28.5 Å². The molecule has 0 radical (unpaired) electrons. The predicted molar refractivity (Wildman–Crippen MR) is 107 cm³/mol. The van der Waals surface area contributed by atoms with Crippen molar-refractivity contribution in [1.82, 2.24) is 4.90 Å². The maximum absolute atomic E-state index is 12.9. The van der Waals surface area contributed by atoms with E-state index in [1.165, 1.54) is 11.8 Å². The Bertz CT molecular complexity index is 840. The lowest BCUT2D eigenvalue weighted by molar-refractivity contribution is -0.133. The van der Waals surface area contributed by atoms with Crippen molar-refractivity contribution in [3.8, 4) is 0 Å². The Kier molecular flexibility index (Phi) is 5.05. The summed E-state index contributed by atoms with van der Waals surface area (Å²) in [5.74, 6) is -0.0242. The fourth-order valence-electron chi connectivity index (χ4n) is 3.60. The molecule has 2 unspecified atom stereocenters. The topological polar surface area (TPSA) is 49.4 Å². The van der Waals surface area contributed by atoms with Gasteiger partial charge in [0.25, 0.3) is 0 Å². The molecule has 6 heteroatoms. The summed E-state index contributed by atoms with van der Waals surface area (Å²) in [4.78, 5) is 28.3. The predicted octanol–water partition coefficient (Wildman–Crippen LogP) is 4.62. The van der Waals surface area contributed by atoms with Crippen molar-refractivity contribution in [2.24, 2.45) is 0 Å². The fourth-order valence-corrected chi connectivity index (χ4v) is 4.97. The highest BCUT2D eigenvalue weighted by molar-refractivity contribution is 9.10. The second kappa shape index (κ2) is 7.45. The van der Waals surface area contributed by atoms with Crippen LogP contribution in [0.4, 0.5) is 5.69 Å². The molecule has 2 aliphatic rings. The lowest BCUT2D eigenvalue weighted by Crippen LogP contribution is -2.37. The molecule has 2 aromatic rings. The van der Waals surface area contributed by atoms with Crippen LogP contribution < -0.4 is 5.32 Å². The van der Waals surface area contributed by atoms with Crippen LogP contribution in [0.1, 0.15) is 30.9 Å². The molecule has 1 N–H and O–H groups in total. The molecular formula is C20H19BrN2O2S. The minimum atomic E-state index is -0.372. The van der Waals surface area contributed by atoms with E-state index in [1.807, 2.05) is 41.3 Å². The van der Waals surface area contributed by atoms with E-state index >= 15 is 0 Å². The molecule has 1 saturated heterocycles. The van der Waals surface area contributed by atoms with E-state index in [-0.39, 0.29) is 29.5 Å². The van der Waals surface area contributed by atoms with E-state index in [9.17, 15) is 9.59 Å². The Balaban J connectivity index is 1.47. The summed E-state index contributed by atoms with van der Waals surface area (Å²) >= 11 is 4.94. The summed E-state index contributed by atoms with van der Waals surface area (Å²) in [6.07, 6.45) is 2.21. The smallest absolute Gasteiger partial charge is 0.238 e. The number of hydrogen-bond donors (Lipinski definition) is 1. The molecule has 134 valence electrons. The van der Waals surface area contributed by atoms with E-state index in [0.29, 0.717) is 0 Å². The minimum Gasteiger partial charge on any atom is -0.336 e. The molecule has 2 aromatic carbocycles. The van der Waals surface area contributed by atoms with Gasteiger partial charge in [0, 0.05) is 22.3 Å². The number of hydrogen-bond acceptors (Lipinski definition) is 3. The van der Waals surface area contributed by atoms with Crippen LogP contribution in [-0.2, 0) is 9.59 Å². The van der Waals surface area contributed by atoms with Gasteiger partial charge in [-0.2, -0.15) is 0 Å². The third-order valence-corrected chi connectivity index (χ3v) is 6.70. The number of para-hydroxylation sites is 1. The van der Waals surface area contributed by atoms with Gasteiger partial charge in [-0.1, -0.05) is 40.2 Å². The van der Waals surface area contributed by atoms with Gasteiger partial charge < -0.3 is 10.2 Å². The first-order chi connectivity index (χ1) is 12.6. The Morgan fingerprint density at radius 3 is 2.77 bits per heavy atom. The van der Waals surface area contributed by atoms with Crippen molar-refractivity contribution >= 4 is 45.2 Å². The average molecular weight is 431 g/mol. The first kappa shape index (κ1) is 17.6. The van der Waals surface area contributed by atoms with Gasteiger partial charge in [-0.15, -0.1) is 11.8 Å². The molecule has 2 atom stereocenters. The number of amides is 2. The van der Waals surface area contributed by atoms with Crippen LogP contribution in [0.2, 0.25) is 0 Å². The number of thioether (sulfide) groups is 1. The molecule has 0 aliphatic carbocycles. The van der Waals surface area contributed by atoms with Crippen molar-refractivity contribution in [3.63, 3.8) is 0 Å². The molecule has 4 rings (SSSR count). The molecule has 2 aliphatic heterocycles. The zero-order chi connectivity index (χ0) is 18.1. The van der Waals surface area contributed by atoms with Gasteiger partial charge in [-0.3, -0.25) is 9.59 Å². The maximum atomic E-state index is 12.9. The van der Waals surface area contributed by atoms with Crippen LogP contribution in [0.25, 0.3) is 0 Å². The van der Waals surface area contributed by atoms with Crippen molar-refractivity contribution in [2.75, 3.05) is 11.9 Å². The third kappa shape index (κ3) is 3.53. The van der Waals surface area contributed by atoms with Crippen LogP contribution in [0.15, 0.2) is 57.9 Å². The molecule has 0 bridgehead atoms. The number of anilines is 1. The second-order valence-corrected chi connectivity index (χ2v) is 8.75. The molecule has 4 nitrogen and oxygen atoms in total. The highest BCUT2D eigenvalue weighted by atomic mass is 79.9. The van der Waals surface area contributed by atoms with E-state index in [2.05, 4.69) is 33.4 Å². The van der Waals surface area contributed by atoms with Gasteiger partial charge in [0.2, 0.25) is 11.8 Å². The zero-order valence-electron chi connectivity index (χ0n) is 14.2. The number of carbonyl (C=O) groups excluding carboxylic acids is 2. The molecule has 2 heterocycles. The number of fused-ring (bicyclic) bond motifs is 1. The molecule has 1 fully saturated rings. The number of carbonyl (C=O) groups is 2. The summed E-state index contributed by atoms with van der Waals surface area (Å²) in [6.45, 7) is 0.759. The highest BCUT2D eigenvalue weighted by Crippen LogP contribution is 2.38. The van der Waals surface area contributed by atoms with E-state index in [0.717, 1.165) is 40.0 Å². The number of likely N-dealkylation sites (tertiary alicyclic amines) is 1. The minimum absolute atomic E-state index is 0.0578. The van der Waals surface area contributed by atoms with E-state index in [1.54, 1.807) is 0 Å². The highest BCUT2D eigenvalue weighted by Gasteiger charge is 2.34. The first-order valence-electron chi connectivity index (χ1n) is 8.73. The van der Waals surface area contributed by atoms with Crippen LogP contribution in [0.5, 0.6) is 0 Å². The lowest BCUT2D eigenvalue weighted by atomic mass is 10.0. The molecular weight excluding hydrogens is 412 g/mol. The summed E-state index contributed by atoms with van der Waals surface area (Å²) in [5.41, 5.74) is 1.99. The molecule has 0 spiro atoms. The first-order valence-corrected chi connectivity index (χ1v) is 10.4. The SMILES string of the molecule is O=C1Nc2ccccc2SC1CC(=O)N1CCCC1c1ccc(Br)cc1. The largest absolute Gasteiger partial charge is 0.336 e. The number of rotatable bonds is 3. The molecule has 0 saturated carbocycles. The van der Waals surface area contributed by atoms with Gasteiger partial charge >= 0.3 is 0 Å². The van der Waals surface area contributed by atoms with E-state index < -0.39 is 0 Å². The average Bonchev–Trinajstić information content (AvgIpc) is 3.13. The zero-order valence-corrected chi connectivity index (χ0v) is 16.6.